The Morgan fingerprint density at radius 2 is 1.85 bits per heavy atom. The van der Waals surface area contributed by atoms with Crippen LogP contribution in [0.5, 0.6) is 0 Å². The number of allylic oxidation sites excluding steroid dienone is 1. The molecular weight excluding hydrogens is 338 g/mol. The van der Waals surface area contributed by atoms with Crippen LogP contribution in [0, 0.1) is 0 Å². The van der Waals surface area contributed by atoms with Crippen molar-refractivity contribution in [2.24, 2.45) is 0 Å². The summed E-state index contributed by atoms with van der Waals surface area (Å²) in [6, 6.07) is 7.98. The van der Waals surface area contributed by atoms with E-state index in [1.807, 2.05) is 43.3 Å². The molecule has 3 rings (SSSR count). The molecule has 6 nitrogen and oxygen atoms in total. The Morgan fingerprint density at radius 1 is 1.11 bits per heavy atom. The van der Waals surface area contributed by atoms with Gasteiger partial charge in [-0.1, -0.05) is 11.6 Å². The lowest BCUT2D eigenvalue weighted by Crippen LogP contribution is -2.25. The summed E-state index contributed by atoms with van der Waals surface area (Å²) in [6.07, 6.45) is 11.2. The van der Waals surface area contributed by atoms with Crippen LogP contribution >= 0.6 is 0 Å². The third kappa shape index (κ3) is 5.54. The zero-order valence-electron chi connectivity index (χ0n) is 16.0. The normalized spacial score (nSPS) is 13.6. The molecule has 0 saturated carbocycles. The number of amides is 1. The van der Waals surface area contributed by atoms with Crippen LogP contribution in [-0.4, -0.2) is 36.5 Å². The van der Waals surface area contributed by atoms with Crippen molar-refractivity contribution < 1.29 is 4.79 Å². The third-order valence-corrected chi connectivity index (χ3v) is 4.67. The summed E-state index contributed by atoms with van der Waals surface area (Å²) in [5.41, 5.74) is 3.95. The molecule has 0 radical (unpaired) electrons. The van der Waals surface area contributed by atoms with Crippen molar-refractivity contribution in [2.45, 2.75) is 32.1 Å². The van der Waals surface area contributed by atoms with Gasteiger partial charge in [0.1, 0.15) is 0 Å². The number of anilines is 3. The van der Waals surface area contributed by atoms with Gasteiger partial charge in [0.05, 0.1) is 5.56 Å². The molecule has 27 heavy (non-hydrogen) atoms. The van der Waals surface area contributed by atoms with E-state index in [2.05, 4.69) is 26.7 Å². The largest absolute Gasteiger partial charge is 0.378 e. The first-order valence-corrected chi connectivity index (χ1v) is 9.44. The first-order chi connectivity index (χ1) is 13.1. The van der Waals surface area contributed by atoms with E-state index in [1.165, 1.54) is 24.8 Å². The van der Waals surface area contributed by atoms with Crippen LogP contribution in [0.25, 0.3) is 0 Å². The predicted octanol–water partition coefficient (Wildman–Crippen LogP) is 3.91. The fourth-order valence-corrected chi connectivity index (χ4v) is 3.05. The molecule has 1 aromatic heterocycles. The van der Waals surface area contributed by atoms with Crippen molar-refractivity contribution >= 4 is 23.2 Å². The molecule has 1 heterocycles. The maximum atomic E-state index is 12.2. The summed E-state index contributed by atoms with van der Waals surface area (Å²) >= 11 is 0. The van der Waals surface area contributed by atoms with E-state index in [0.717, 1.165) is 24.2 Å². The Hall–Kier alpha value is -2.89. The number of rotatable bonds is 7. The summed E-state index contributed by atoms with van der Waals surface area (Å²) in [5, 5.41) is 6.09. The number of carbonyl (C=O) groups is 1. The SMILES string of the molecule is CN(C)c1ccc(Nc2ncc(C(=O)NCCC3=CCCCC3)cn2)cc1. The van der Waals surface area contributed by atoms with E-state index in [-0.39, 0.29) is 5.91 Å². The fourth-order valence-electron chi connectivity index (χ4n) is 3.05. The van der Waals surface area contributed by atoms with Gasteiger partial charge in [-0.25, -0.2) is 9.97 Å². The zero-order valence-corrected chi connectivity index (χ0v) is 16.0. The summed E-state index contributed by atoms with van der Waals surface area (Å²) in [7, 11) is 4.00. The van der Waals surface area contributed by atoms with Crippen LogP contribution in [0.4, 0.5) is 17.3 Å². The van der Waals surface area contributed by atoms with Gasteiger partial charge in [0.2, 0.25) is 5.95 Å². The lowest BCUT2D eigenvalue weighted by atomic mass is 9.97. The van der Waals surface area contributed by atoms with Gasteiger partial charge in [-0.15, -0.1) is 0 Å². The maximum Gasteiger partial charge on any atom is 0.254 e. The molecule has 0 aliphatic heterocycles. The van der Waals surface area contributed by atoms with Gasteiger partial charge >= 0.3 is 0 Å². The molecule has 0 atom stereocenters. The van der Waals surface area contributed by atoms with Crippen molar-refractivity contribution in [3.8, 4) is 0 Å². The standard InChI is InChI=1S/C21H27N5O/c1-26(2)19-10-8-18(9-11-19)25-21-23-14-17(15-24-21)20(27)22-13-12-16-6-4-3-5-7-16/h6,8-11,14-15H,3-5,7,12-13H2,1-2H3,(H,22,27)(H,23,24,25). The van der Waals surface area contributed by atoms with Crippen LogP contribution in [0.1, 0.15) is 42.5 Å². The van der Waals surface area contributed by atoms with Crippen LogP contribution in [-0.2, 0) is 0 Å². The van der Waals surface area contributed by atoms with E-state index >= 15 is 0 Å². The lowest BCUT2D eigenvalue weighted by Gasteiger charge is -2.13. The smallest absolute Gasteiger partial charge is 0.254 e. The van der Waals surface area contributed by atoms with Crippen LogP contribution in [0.2, 0.25) is 0 Å². The highest BCUT2D eigenvalue weighted by Gasteiger charge is 2.08. The molecule has 142 valence electrons. The summed E-state index contributed by atoms with van der Waals surface area (Å²) < 4.78 is 0. The van der Waals surface area contributed by atoms with Gasteiger partial charge in [-0.2, -0.15) is 0 Å². The molecule has 1 aromatic carbocycles. The van der Waals surface area contributed by atoms with Crippen LogP contribution < -0.4 is 15.5 Å². The molecule has 2 N–H and O–H groups in total. The van der Waals surface area contributed by atoms with Gasteiger partial charge in [-0.05, 0) is 56.4 Å². The number of hydrogen-bond acceptors (Lipinski definition) is 5. The molecular formula is C21H27N5O. The van der Waals surface area contributed by atoms with Gasteiger partial charge in [-0.3, -0.25) is 4.79 Å². The first-order valence-electron chi connectivity index (χ1n) is 9.44. The Kier molecular flexibility index (Phi) is 6.41. The second kappa shape index (κ2) is 9.16. The molecule has 0 bridgehead atoms. The third-order valence-electron chi connectivity index (χ3n) is 4.67. The van der Waals surface area contributed by atoms with Crippen molar-refractivity contribution in [1.82, 2.24) is 15.3 Å². The van der Waals surface area contributed by atoms with Gasteiger partial charge in [0.25, 0.3) is 5.91 Å². The lowest BCUT2D eigenvalue weighted by molar-refractivity contribution is 0.0953. The van der Waals surface area contributed by atoms with E-state index in [0.29, 0.717) is 18.1 Å². The average molecular weight is 365 g/mol. The monoisotopic (exact) mass is 365 g/mol. The minimum atomic E-state index is -0.131. The number of benzene rings is 1. The van der Waals surface area contributed by atoms with Gasteiger partial charge in [0, 0.05) is 44.4 Å². The minimum Gasteiger partial charge on any atom is -0.378 e. The number of nitrogens with one attached hydrogen (secondary N) is 2. The summed E-state index contributed by atoms with van der Waals surface area (Å²) in [6.45, 7) is 0.656. The first kappa shape index (κ1) is 18.9. The minimum absolute atomic E-state index is 0.131. The van der Waals surface area contributed by atoms with E-state index in [1.54, 1.807) is 12.4 Å². The quantitative estimate of drug-likeness (QED) is 0.728. The Balaban J connectivity index is 1.50. The molecule has 0 spiro atoms. The highest BCUT2D eigenvalue weighted by molar-refractivity contribution is 5.93. The van der Waals surface area contributed by atoms with Crippen molar-refractivity contribution in [1.29, 1.82) is 0 Å². The van der Waals surface area contributed by atoms with Gasteiger partial charge < -0.3 is 15.5 Å². The number of aromatic nitrogens is 2. The molecule has 1 aliphatic carbocycles. The number of hydrogen-bond donors (Lipinski definition) is 2. The molecule has 6 heteroatoms. The second-order valence-electron chi connectivity index (χ2n) is 6.98. The fraction of sp³-hybridized carbons (Fsp3) is 0.381. The highest BCUT2D eigenvalue weighted by Crippen LogP contribution is 2.20. The molecule has 1 amide bonds. The van der Waals surface area contributed by atoms with Crippen molar-refractivity contribution in [3.05, 3.63) is 53.9 Å². The topological polar surface area (TPSA) is 70.2 Å². The van der Waals surface area contributed by atoms with Crippen molar-refractivity contribution in [3.63, 3.8) is 0 Å². The molecule has 0 saturated heterocycles. The summed E-state index contributed by atoms with van der Waals surface area (Å²) in [5.74, 6) is 0.338. The molecule has 2 aromatic rings. The molecule has 0 fully saturated rings. The predicted molar refractivity (Wildman–Crippen MR) is 110 cm³/mol. The molecule has 0 unspecified atom stereocenters. The van der Waals surface area contributed by atoms with E-state index in [4.69, 9.17) is 0 Å². The second-order valence-corrected chi connectivity index (χ2v) is 6.98. The highest BCUT2D eigenvalue weighted by atomic mass is 16.1. The van der Waals surface area contributed by atoms with Gasteiger partial charge in [0.15, 0.2) is 0 Å². The van der Waals surface area contributed by atoms with Crippen LogP contribution in [0.15, 0.2) is 48.3 Å². The summed E-state index contributed by atoms with van der Waals surface area (Å²) in [4.78, 5) is 22.8. The zero-order chi connectivity index (χ0) is 19.1. The van der Waals surface area contributed by atoms with E-state index in [9.17, 15) is 4.79 Å². The van der Waals surface area contributed by atoms with Crippen LogP contribution in [0.3, 0.4) is 0 Å². The Bertz CT molecular complexity index is 781. The maximum absolute atomic E-state index is 12.2. The van der Waals surface area contributed by atoms with Crippen molar-refractivity contribution in [2.75, 3.05) is 30.9 Å². The molecule has 1 aliphatic rings. The Morgan fingerprint density at radius 3 is 2.48 bits per heavy atom. The average Bonchev–Trinajstić information content (AvgIpc) is 2.70. The Labute approximate surface area is 160 Å². The number of carbonyl (C=O) groups excluding carboxylic acids is 1. The number of nitrogens with zero attached hydrogens (tertiary/aromatic N) is 3. The van der Waals surface area contributed by atoms with E-state index < -0.39 is 0 Å².